The minimum absolute atomic E-state index is 1.03. The Morgan fingerprint density at radius 3 is 3.12 bits per heavy atom. The van der Waals surface area contributed by atoms with Crippen LogP contribution in [0.4, 0.5) is 11.4 Å². The van der Waals surface area contributed by atoms with Crippen LogP contribution < -0.4 is 10.2 Å². The summed E-state index contributed by atoms with van der Waals surface area (Å²) in [6.45, 7) is 2.12. The summed E-state index contributed by atoms with van der Waals surface area (Å²) in [6, 6.07) is 8.31. The van der Waals surface area contributed by atoms with E-state index in [1.54, 1.807) is 0 Å². The molecule has 1 aliphatic rings. The topological polar surface area (TPSA) is 28.2 Å². The Labute approximate surface area is 95.1 Å². The van der Waals surface area contributed by atoms with E-state index in [1.165, 1.54) is 17.5 Å². The average molecular weight is 213 g/mol. The van der Waals surface area contributed by atoms with Crippen LogP contribution in [-0.4, -0.2) is 25.1 Å². The molecule has 0 spiro atoms. The van der Waals surface area contributed by atoms with Crippen molar-refractivity contribution in [2.45, 2.75) is 6.42 Å². The summed E-state index contributed by atoms with van der Waals surface area (Å²) in [7, 11) is 2.15. The van der Waals surface area contributed by atoms with E-state index in [4.69, 9.17) is 0 Å². The van der Waals surface area contributed by atoms with Crippen LogP contribution in [0.15, 0.2) is 30.5 Å². The number of hydrogen-bond donors (Lipinski definition) is 1. The summed E-state index contributed by atoms with van der Waals surface area (Å²) in [6.07, 6.45) is 3.11. The molecular formula is C13H15N3. The third-order valence-corrected chi connectivity index (χ3v) is 3.11. The molecule has 1 aromatic heterocycles. The van der Waals surface area contributed by atoms with E-state index >= 15 is 0 Å². The van der Waals surface area contributed by atoms with Crippen molar-refractivity contribution >= 4 is 22.3 Å². The number of nitrogens with one attached hydrogen (secondary N) is 1. The summed E-state index contributed by atoms with van der Waals surface area (Å²) in [5.41, 5.74) is 3.50. The molecule has 2 heterocycles. The lowest BCUT2D eigenvalue weighted by molar-refractivity contribution is 0.839. The minimum atomic E-state index is 1.03. The molecule has 2 aromatic rings. The maximum absolute atomic E-state index is 4.48. The molecule has 3 heteroatoms. The highest BCUT2D eigenvalue weighted by molar-refractivity contribution is 5.98. The Balaban J connectivity index is 2.30. The molecule has 1 aliphatic heterocycles. The second-order valence-corrected chi connectivity index (χ2v) is 4.24. The first kappa shape index (κ1) is 9.46. The summed E-state index contributed by atoms with van der Waals surface area (Å²) < 4.78 is 0. The van der Waals surface area contributed by atoms with Gasteiger partial charge in [-0.15, -0.1) is 0 Å². The smallest absolute Gasteiger partial charge is 0.0771 e. The highest BCUT2D eigenvalue weighted by Gasteiger charge is 2.14. The van der Waals surface area contributed by atoms with Gasteiger partial charge < -0.3 is 10.2 Å². The van der Waals surface area contributed by atoms with Gasteiger partial charge in [0.1, 0.15) is 0 Å². The molecular weight excluding hydrogens is 198 g/mol. The average Bonchev–Trinajstić information content (AvgIpc) is 2.51. The number of fused-ring (bicyclic) bond motifs is 3. The summed E-state index contributed by atoms with van der Waals surface area (Å²) in [5.74, 6) is 0. The van der Waals surface area contributed by atoms with Crippen molar-refractivity contribution in [2.75, 3.05) is 30.4 Å². The fourth-order valence-corrected chi connectivity index (χ4v) is 2.32. The van der Waals surface area contributed by atoms with Gasteiger partial charge in [-0.25, -0.2) is 0 Å². The maximum atomic E-state index is 4.48. The molecule has 0 atom stereocenters. The molecule has 0 saturated heterocycles. The van der Waals surface area contributed by atoms with Gasteiger partial charge in [0.2, 0.25) is 0 Å². The van der Waals surface area contributed by atoms with Crippen molar-refractivity contribution in [1.82, 2.24) is 4.98 Å². The molecule has 0 fully saturated rings. The molecule has 16 heavy (non-hydrogen) atoms. The van der Waals surface area contributed by atoms with Crippen LogP contribution >= 0.6 is 0 Å². The Bertz CT molecular complexity index is 522. The zero-order valence-corrected chi connectivity index (χ0v) is 9.40. The van der Waals surface area contributed by atoms with Gasteiger partial charge in [0.15, 0.2) is 0 Å². The number of rotatable bonds is 0. The quantitative estimate of drug-likeness (QED) is 0.728. The van der Waals surface area contributed by atoms with Gasteiger partial charge in [-0.05, 0) is 12.5 Å². The van der Waals surface area contributed by atoms with Gasteiger partial charge in [0.05, 0.1) is 23.1 Å². The Morgan fingerprint density at radius 1 is 1.31 bits per heavy atom. The Kier molecular flexibility index (Phi) is 2.17. The monoisotopic (exact) mass is 213 g/mol. The first-order valence-electron chi connectivity index (χ1n) is 5.69. The second kappa shape index (κ2) is 3.67. The van der Waals surface area contributed by atoms with Crippen molar-refractivity contribution in [2.24, 2.45) is 0 Å². The molecule has 1 aromatic carbocycles. The summed E-state index contributed by atoms with van der Waals surface area (Å²) >= 11 is 0. The van der Waals surface area contributed by atoms with Crippen molar-refractivity contribution < 1.29 is 0 Å². The van der Waals surface area contributed by atoms with Crippen LogP contribution in [0.2, 0.25) is 0 Å². The van der Waals surface area contributed by atoms with E-state index in [0.717, 1.165) is 24.3 Å². The molecule has 0 unspecified atom stereocenters. The largest absolute Gasteiger partial charge is 0.382 e. The zero-order chi connectivity index (χ0) is 11.0. The number of benzene rings is 1. The lowest BCUT2D eigenvalue weighted by atomic mass is 10.1. The molecule has 0 amide bonds. The normalized spacial score (nSPS) is 15.4. The van der Waals surface area contributed by atoms with E-state index in [2.05, 4.69) is 40.4 Å². The maximum Gasteiger partial charge on any atom is 0.0771 e. The lowest BCUT2D eigenvalue weighted by Gasteiger charge is -2.20. The van der Waals surface area contributed by atoms with Gasteiger partial charge >= 0.3 is 0 Å². The number of para-hydroxylation sites is 1. The van der Waals surface area contributed by atoms with Crippen molar-refractivity contribution in [3.63, 3.8) is 0 Å². The molecule has 82 valence electrons. The van der Waals surface area contributed by atoms with Crippen molar-refractivity contribution in [3.05, 3.63) is 30.5 Å². The lowest BCUT2D eigenvalue weighted by Crippen LogP contribution is -2.17. The molecule has 0 aliphatic carbocycles. The molecule has 3 rings (SSSR count). The molecule has 0 saturated carbocycles. The molecule has 0 radical (unpaired) electrons. The van der Waals surface area contributed by atoms with Crippen LogP contribution in [0.25, 0.3) is 10.9 Å². The first-order chi connectivity index (χ1) is 7.86. The zero-order valence-electron chi connectivity index (χ0n) is 9.40. The summed E-state index contributed by atoms with van der Waals surface area (Å²) in [5, 5.41) is 4.68. The summed E-state index contributed by atoms with van der Waals surface area (Å²) in [4.78, 5) is 6.80. The predicted octanol–water partition coefficient (Wildman–Crippen LogP) is 2.49. The highest BCUT2D eigenvalue weighted by Crippen LogP contribution is 2.33. The fraction of sp³-hybridized carbons (Fsp3) is 0.308. The number of hydrogen-bond acceptors (Lipinski definition) is 3. The highest BCUT2D eigenvalue weighted by atomic mass is 15.1. The van der Waals surface area contributed by atoms with E-state index in [9.17, 15) is 0 Å². The van der Waals surface area contributed by atoms with E-state index in [-0.39, 0.29) is 0 Å². The predicted molar refractivity (Wildman–Crippen MR) is 68.1 cm³/mol. The van der Waals surface area contributed by atoms with Crippen LogP contribution in [0.1, 0.15) is 6.42 Å². The van der Waals surface area contributed by atoms with Gasteiger partial charge in [-0.1, -0.05) is 18.2 Å². The number of anilines is 2. The third-order valence-electron chi connectivity index (χ3n) is 3.11. The number of pyridine rings is 1. The van der Waals surface area contributed by atoms with Crippen molar-refractivity contribution in [3.8, 4) is 0 Å². The Morgan fingerprint density at radius 2 is 2.19 bits per heavy atom. The van der Waals surface area contributed by atoms with Gasteiger partial charge in [-0.2, -0.15) is 0 Å². The number of aromatic nitrogens is 1. The van der Waals surface area contributed by atoms with Crippen LogP contribution in [0, 0.1) is 0 Å². The standard InChI is InChI=1S/C13H15N3/c1-16-8-4-7-14-12-9-15-11-6-3-2-5-10(11)13(12)16/h2-3,5-6,9,14H,4,7-8H2,1H3. The first-order valence-corrected chi connectivity index (χ1v) is 5.69. The van der Waals surface area contributed by atoms with Gasteiger partial charge in [0.25, 0.3) is 0 Å². The fourth-order valence-electron chi connectivity index (χ4n) is 2.32. The van der Waals surface area contributed by atoms with Crippen LogP contribution in [-0.2, 0) is 0 Å². The second-order valence-electron chi connectivity index (χ2n) is 4.24. The number of nitrogens with zero attached hydrogens (tertiary/aromatic N) is 2. The molecule has 1 N–H and O–H groups in total. The van der Waals surface area contributed by atoms with E-state index < -0.39 is 0 Å². The minimum Gasteiger partial charge on any atom is -0.382 e. The molecule has 3 nitrogen and oxygen atoms in total. The van der Waals surface area contributed by atoms with Crippen LogP contribution in [0.5, 0.6) is 0 Å². The van der Waals surface area contributed by atoms with E-state index in [0.29, 0.717) is 0 Å². The Hall–Kier alpha value is -1.77. The SMILES string of the molecule is CN1CCCNc2cnc3ccccc3c21. The van der Waals surface area contributed by atoms with Gasteiger partial charge in [-0.3, -0.25) is 4.98 Å². The van der Waals surface area contributed by atoms with E-state index in [1.807, 2.05) is 12.3 Å². The third kappa shape index (κ3) is 1.40. The van der Waals surface area contributed by atoms with Crippen LogP contribution in [0.3, 0.4) is 0 Å². The van der Waals surface area contributed by atoms with Gasteiger partial charge in [0, 0.05) is 25.5 Å². The van der Waals surface area contributed by atoms with Crippen molar-refractivity contribution in [1.29, 1.82) is 0 Å². The molecule has 0 bridgehead atoms.